The second kappa shape index (κ2) is 7.91. The SMILES string of the molecule is C#CC(C)O/C(C=O)=C(\c1ccc(S(C)(=O)=O)cc1)C(C)(C)SC. The van der Waals surface area contributed by atoms with Gasteiger partial charge in [0.15, 0.2) is 28.0 Å². The molecule has 1 aromatic rings. The van der Waals surface area contributed by atoms with Crippen LogP contribution < -0.4 is 0 Å². The minimum absolute atomic E-state index is 0.159. The van der Waals surface area contributed by atoms with Gasteiger partial charge in [-0.2, -0.15) is 11.8 Å². The van der Waals surface area contributed by atoms with E-state index in [1.54, 1.807) is 30.8 Å². The largest absolute Gasteiger partial charge is 0.474 e. The van der Waals surface area contributed by atoms with Crippen LogP contribution in [0.3, 0.4) is 0 Å². The Balaban J connectivity index is 3.55. The minimum Gasteiger partial charge on any atom is -0.474 e. The van der Waals surface area contributed by atoms with E-state index in [2.05, 4.69) is 5.92 Å². The molecule has 0 aliphatic rings. The van der Waals surface area contributed by atoms with Gasteiger partial charge in [0, 0.05) is 16.6 Å². The number of rotatable bonds is 7. The highest BCUT2D eigenvalue weighted by atomic mass is 32.2. The predicted molar refractivity (Wildman–Crippen MR) is 99.5 cm³/mol. The van der Waals surface area contributed by atoms with Gasteiger partial charge in [-0.15, -0.1) is 6.42 Å². The van der Waals surface area contributed by atoms with Gasteiger partial charge in [0.05, 0.1) is 4.90 Å². The molecule has 0 saturated carbocycles. The Bertz CT molecular complexity index is 766. The van der Waals surface area contributed by atoms with Gasteiger partial charge in [0.25, 0.3) is 0 Å². The molecule has 0 amide bonds. The number of hydrogen-bond donors (Lipinski definition) is 0. The van der Waals surface area contributed by atoms with E-state index in [4.69, 9.17) is 11.2 Å². The van der Waals surface area contributed by atoms with Gasteiger partial charge >= 0.3 is 0 Å². The van der Waals surface area contributed by atoms with Gasteiger partial charge in [-0.1, -0.05) is 18.1 Å². The first-order valence-electron chi connectivity index (χ1n) is 7.25. The van der Waals surface area contributed by atoms with Gasteiger partial charge in [-0.25, -0.2) is 8.42 Å². The van der Waals surface area contributed by atoms with Crippen molar-refractivity contribution < 1.29 is 17.9 Å². The fourth-order valence-corrected chi connectivity index (χ4v) is 3.18. The lowest BCUT2D eigenvalue weighted by Gasteiger charge is -2.28. The van der Waals surface area contributed by atoms with Crippen LogP contribution in [0.1, 0.15) is 26.3 Å². The summed E-state index contributed by atoms with van der Waals surface area (Å²) >= 11 is 1.55. The Morgan fingerprint density at radius 2 is 1.88 bits per heavy atom. The van der Waals surface area contributed by atoms with E-state index in [-0.39, 0.29) is 10.7 Å². The van der Waals surface area contributed by atoms with Crippen molar-refractivity contribution in [3.05, 3.63) is 35.6 Å². The number of allylic oxidation sites excluding steroid dienone is 1. The lowest BCUT2D eigenvalue weighted by molar-refractivity contribution is -0.108. The van der Waals surface area contributed by atoms with E-state index in [0.29, 0.717) is 17.4 Å². The normalized spacial score (nSPS) is 14.3. The monoisotopic (exact) mass is 366 g/mol. The van der Waals surface area contributed by atoms with Crippen molar-refractivity contribution >= 4 is 33.5 Å². The second-order valence-corrected chi connectivity index (χ2v) is 9.24. The summed E-state index contributed by atoms with van der Waals surface area (Å²) in [6.45, 7) is 5.61. The summed E-state index contributed by atoms with van der Waals surface area (Å²) in [5.41, 5.74) is 1.39. The average molecular weight is 367 g/mol. The van der Waals surface area contributed by atoms with Crippen LogP contribution >= 0.6 is 11.8 Å². The molecule has 1 aromatic carbocycles. The molecular formula is C18H22O4S2. The number of carbonyl (C=O) groups is 1. The number of ether oxygens (including phenoxy) is 1. The molecule has 0 saturated heterocycles. The average Bonchev–Trinajstić information content (AvgIpc) is 2.53. The van der Waals surface area contributed by atoms with Crippen LogP contribution in [0.4, 0.5) is 0 Å². The van der Waals surface area contributed by atoms with Gasteiger partial charge < -0.3 is 4.74 Å². The van der Waals surface area contributed by atoms with Crippen LogP contribution in [0.2, 0.25) is 0 Å². The molecular weight excluding hydrogens is 344 g/mol. The molecule has 6 heteroatoms. The molecule has 0 aromatic heterocycles. The number of benzene rings is 1. The fourth-order valence-electron chi connectivity index (χ4n) is 2.13. The molecule has 0 aliphatic carbocycles. The fraction of sp³-hybridized carbons (Fsp3) is 0.389. The van der Waals surface area contributed by atoms with Crippen molar-refractivity contribution in [1.82, 2.24) is 0 Å². The highest BCUT2D eigenvalue weighted by molar-refractivity contribution is 8.00. The summed E-state index contributed by atoms with van der Waals surface area (Å²) in [7, 11) is -3.28. The molecule has 0 fully saturated rings. The zero-order valence-corrected chi connectivity index (χ0v) is 16.1. The van der Waals surface area contributed by atoms with Crippen molar-refractivity contribution in [1.29, 1.82) is 0 Å². The van der Waals surface area contributed by atoms with Crippen molar-refractivity contribution in [3.8, 4) is 12.3 Å². The molecule has 0 aliphatic heterocycles. The van der Waals surface area contributed by atoms with Crippen LogP contribution in [0.15, 0.2) is 34.9 Å². The second-order valence-electron chi connectivity index (χ2n) is 5.79. The lowest BCUT2D eigenvalue weighted by atomic mass is 9.93. The molecule has 0 heterocycles. The van der Waals surface area contributed by atoms with Crippen LogP contribution in [-0.4, -0.2) is 38.1 Å². The molecule has 1 rings (SSSR count). The summed E-state index contributed by atoms with van der Waals surface area (Å²) in [6.07, 6.45) is 8.51. The molecule has 0 bridgehead atoms. The molecule has 130 valence electrons. The Morgan fingerprint density at radius 1 is 1.33 bits per heavy atom. The van der Waals surface area contributed by atoms with Gasteiger partial charge in [-0.05, 0) is 44.7 Å². The van der Waals surface area contributed by atoms with Gasteiger partial charge in [0.1, 0.15) is 0 Å². The first kappa shape index (κ1) is 20.3. The quantitative estimate of drug-likeness (QED) is 0.321. The van der Waals surface area contributed by atoms with Crippen LogP contribution in [0.25, 0.3) is 5.57 Å². The summed E-state index contributed by atoms with van der Waals surface area (Å²) in [6, 6.07) is 6.40. The molecule has 0 N–H and O–H groups in total. The maximum atomic E-state index is 11.6. The first-order valence-corrected chi connectivity index (χ1v) is 10.4. The summed E-state index contributed by atoms with van der Waals surface area (Å²) in [5, 5.41) is 0. The van der Waals surface area contributed by atoms with Crippen LogP contribution in [0.5, 0.6) is 0 Å². The van der Waals surface area contributed by atoms with Gasteiger partial charge in [-0.3, -0.25) is 4.79 Å². The Hall–Kier alpha value is -1.71. The van der Waals surface area contributed by atoms with Crippen LogP contribution in [0, 0.1) is 12.3 Å². The first-order chi connectivity index (χ1) is 11.1. The zero-order valence-electron chi connectivity index (χ0n) is 14.5. The molecule has 1 atom stereocenters. The number of hydrogen-bond acceptors (Lipinski definition) is 5. The Kier molecular flexibility index (Phi) is 6.70. The predicted octanol–water partition coefficient (Wildman–Crippen LogP) is 3.18. The van der Waals surface area contributed by atoms with Crippen molar-refractivity contribution in [3.63, 3.8) is 0 Å². The highest BCUT2D eigenvalue weighted by Crippen LogP contribution is 2.39. The van der Waals surface area contributed by atoms with Crippen molar-refractivity contribution in [2.45, 2.75) is 36.5 Å². The standard InChI is InChI=1S/C18H22O4S2/c1-7-13(2)22-16(12-19)17(18(3,4)23-5)14-8-10-15(11-9-14)24(6,20)21/h1,8-13H,2-6H3/b17-16+. The summed E-state index contributed by atoms with van der Waals surface area (Å²) < 4.78 is 28.4. The third-order valence-corrected chi connectivity index (χ3v) is 5.93. The topological polar surface area (TPSA) is 60.4 Å². The smallest absolute Gasteiger partial charge is 0.185 e. The van der Waals surface area contributed by atoms with Crippen molar-refractivity contribution in [2.24, 2.45) is 0 Å². The number of thioether (sulfide) groups is 1. The maximum Gasteiger partial charge on any atom is 0.185 e. The summed E-state index contributed by atoms with van der Waals surface area (Å²) in [5.74, 6) is 2.59. The third kappa shape index (κ3) is 4.89. The van der Waals surface area contributed by atoms with E-state index in [0.717, 1.165) is 6.26 Å². The van der Waals surface area contributed by atoms with Gasteiger partial charge in [0.2, 0.25) is 0 Å². The minimum atomic E-state index is -3.28. The molecule has 1 unspecified atom stereocenters. The third-order valence-electron chi connectivity index (χ3n) is 3.58. The highest BCUT2D eigenvalue weighted by Gasteiger charge is 2.29. The number of terminal acetylenes is 1. The van der Waals surface area contributed by atoms with E-state index in [9.17, 15) is 13.2 Å². The number of aldehydes is 1. The number of sulfone groups is 1. The van der Waals surface area contributed by atoms with Crippen LogP contribution in [-0.2, 0) is 19.4 Å². The molecule has 0 spiro atoms. The number of carbonyl (C=O) groups excluding carboxylic acids is 1. The maximum absolute atomic E-state index is 11.6. The Labute approximate surface area is 148 Å². The van der Waals surface area contributed by atoms with Crippen molar-refractivity contribution in [2.75, 3.05) is 12.5 Å². The lowest BCUT2D eigenvalue weighted by Crippen LogP contribution is -2.21. The zero-order chi connectivity index (χ0) is 18.5. The Morgan fingerprint density at radius 3 is 2.25 bits per heavy atom. The molecule has 24 heavy (non-hydrogen) atoms. The van der Waals surface area contributed by atoms with E-state index >= 15 is 0 Å². The molecule has 0 radical (unpaired) electrons. The summed E-state index contributed by atoms with van der Waals surface area (Å²) in [4.78, 5) is 11.8. The van der Waals surface area contributed by atoms with E-state index in [1.165, 1.54) is 12.1 Å². The molecule has 4 nitrogen and oxygen atoms in total. The van der Waals surface area contributed by atoms with E-state index in [1.807, 2.05) is 20.1 Å². The van der Waals surface area contributed by atoms with E-state index < -0.39 is 20.7 Å².